The van der Waals surface area contributed by atoms with Crippen LogP contribution in [0, 0.1) is 11.3 Å². The molecule has 0 aromatic heterocycles. The minimum absolute atomic E-state index is 0. The predicted octanol–water partition coefficient (Wildman–Crippen LogP) is 0.728. The minimum Gasteiger partial charge on any atom is -0.338 e. The van der Waals surface area contributed by atoms with E-state index in [0.717, 1.165) is 58.2 Å². The van der Waals surface area contributed by atoms with Gasteiger partial charge in [-0.25, -0.2) is 13.1 Å². The third-order valence-electron chi connectivity index (χ3n) is 5.58. The van der Waals surface area contributed by atoms with Crippen molar-refractivity contribution in [3.8, 4) is 0 Å². The topological polar surface area (TPSA) is 78.5 Å². The van der Waals surface area contributed by atoms with E-state index in [2.05, 4.69) is 10.0 Å². The number of piperidine rings is 2. The van der Waals surface area contributed by atoms with Gasteiger partial charge in [-0.1, -0.05) is 0 Å². The summed E-state index contributed by atoms with van der Waals surface area (Å²) in [5, 5.41) is 3.36. The van der Waals surface area contributed by atoms with Gasteiger partial charge in [-0.3, -0.25) is 4.79 Å². The highest BCUT2D eigenvalue weighted by molar-refractivity contribution is 7.88. The van der Waals surface area contributed by atoms with Crippen molar-refractivity contribution in [1.29, 1.82) is 0 Å². The Morgan fingerprint density at radius 1 is 1.30 bits per heavy atom. The van der Waals surface area contributed by atoms with Gasteiger partial charge in [0.15, 0.2) is 0 Å². The van der Waals surface area contributed by atoms with Gasteiger partial charge in [0.25, 0.3) is 0 Å². The molecule has 0 aromatic carbocycles. The average Bonchev–Trinajstić information content (AvgIpc) is 3.18. The highest BCUT2D eigenvalue weighted by Crippen LogP contribution is 2.59. The minimum atomic E-state index is -3.20. The molecule has 2 unspecified atom stereocenters. The van der Waals surface area contributed by atoms with Gasteiger partial charge in [0.1, 0.15) is 0 Å². The Bertz CT molecular complexity index is 534. The third-order valence-corrected chi connectivity index (χ3v) is 6.27. The first-order chi connectivity index (χ1) is 10.4. The molecular weight excluding hydrogens is 338 g/mol. The SMILES string of the molecule is CS(=O)(=O)NCC1CCCCN1C(=O)C1CC12CCNCC2.Cl. The van der Waals surface area contributed by atoms with Crippen molar-refractivity contribution in [3.63, 3.8) is 0 Å². The zero-order valence-electron chi connectivity index (χ0n) is 13.7. The molecule has 6 nitrogen and oxygen atoms in total. The van der Waals surface area contributed by atoms with Gasteiger partial charge in [0.05, 0.1) is 6.26 Å². The van der Waals surface area contributed by atoms with Gasteiger partial charge in [-0.15, -0.1) is 12.4 Å². The lowest BCUT2D eigenvalue weighted by Gasteiger charge is -2.37. The summed E-state index contributed by atoms with van der Waals surface area (Å²) in [5.74, 6) is 0.440. The van der Waals surface area contributed by atoms with E-state index < -0.39 is 10.0 Å². The molecule has 2 heterocycles. The molecule has 3 aliphatic rings. The van der Waals surface area contributed by atoms with Gasteiger partial charge in [-0.05, 0) is 57.0 Å². The van der Waals surface area contributed by atoms with Gasteiger partial charge in [0.2, 0.25) is 15.9 Å². The smallest absolute Gasteiger partial charge is 0.226 e. The summed E-state index contributed by atoms with van der Waals surface area (Å²) in [6.07, 6.45) is 7.40. The zero-order valence-corrected chi connectivity index (χ0v) is 15.3. The van der Waals surface area contributed by atoms with Gasteiger partial charge in [0, 0.05) is 25.0 Å². The molecule has 0 radical (unpaired) electrons. The zero-order chi connectivity index (χ0) is 15.8. The Balaban J connectivity index is 0.00000192. The molecule has 0 aromatic rings. The van der Waals surface area contributed by atoms with E-state index in [1.807, 2.05) is 4.90 Å². The summed E-state index contributed by atoms with van der Waals surface area (Å²) in [7, 11) is -3.20. The highest BCUT2D eigenvalue weighted by Gasteiger charge is 2.59. The maximum Gasteiger partial charge on any atom is 0.226 e. The molecule has 1 spiro atoms. The molecule has 2 N–H and O–H groups in total. The van der Waals surface area contributed by atoms with Gasteiger partial charge < -0.3 is 10.2 Å². The molecular formula is C15H28ClN3O3S. The van der Waals surface area contributed by atoms with Crippen LogP contribution >= 0.6 is 12.4 Å². The molecule has 2 atom stereocenters. The Hall–Kier alpha value is -0.370. The van der Waals surface area contributed by atoms with E-state index in [4.69, 9.17) is 0 Å². The number of nitrogens with one attached hydrogen (secondary N) is 2. The van der Waals surface area contributed by atoms with Crippen molar-refractivity contribution in [2.24, 2.45) is 11.3 Å². The number of likely N-dealkylation sites (tertiary alicyclic amines) is 1. The Labute approximate surface area is 145 Å². The van der Waals surface area contributed by atoms with Crippen molar-refractivity contribution in [3.05, 3.63) is 0 Å². The summed E-state index contributed by atoms with van der Waals surface area (Å²) >= 11 is 0. The summed E-state index contributed by atoms with van der Waals surface area (Å²) in [5.41, 5.74) is 0.245. The second kappa shape index (κ2) is 7.25. The molecule has 134 valence electrons. The molecule has 3 fully saturated rings. The van der Waals surface area contributed by atoms with Crippen LogP contribution in [0.3, 0.4) is 0 Å². The normalized spacial score (nSPS) is 29.9. The van der Waals surface area contributed by atoms with Crippen LogP contribution in [0.4, 0.5) is 0 Å². The van der Waals surface area contributed by atoms with Crippen LogP contribution in [0.2, 0.25) is 0 Å². The van der Waals surface area contributed by atoms with E-state index >= 15 is 0 Å². The number of sulfonamides is 1. The molecule has 3 rings (SSSR count). The molecule has 0 bridgehead atoms. The fourth-order valence-corrected chi connectivity index (χ4v) is 4.62. The van der Waals surface area contributed by atoms with Crippen LogP contribution < -0.4 is 10.0 Å². The first-order valence-electron chi connectivity index (χ1n) is 8.37. The Morgan fingerprint density at radius 3 is 2.65 bits per heavy atom. The highest BCUT2D eigenvalue weighted by atomic mass is 35.5. The summed E-state index contributed by atoms with van der Waals surface area (Å²) in [6.45, 7) is 3.16. The fourth-order valence-electron chi connectivity index (χ4n) is 4.12. The standard InChI is InChI=1S/C15H27N3O3S.ClH/c1-22(20,21)17-11-12-4-2-3-9-18(12)14(19)13-10-15(13)5-7-16-8-6-15;/h12-13,16-17H,2-11H2,1H3;1H. The Morgan fingerprint density at radius 2 is 2.00 bits per heavy atom. The maximum absolute atomic E-state index is 12.9. The van der Waals surface area contributed by atoms with Crippen LogP contribution in [0.15, 0.2) is 0 Å². The number of halogens is 1. The Kier molecular flexibility index (Phi) is 5.98. The van der Waals surface area contributed by atoms with E-state index in [1.165, 1.54) is 6.26 Å². The van der Waals surface area contributed by atoms with Crippen molar-refractivity contribution in [1.82, 2.24) is 14.9 Å². The molecule has 8 heteroatoms. The van der Waals surface area contributed by atoms with Gasteiger partial charge in [-0.2, -0.15) is 0 Å². The quantitative estimate of drug-likeness (QED) is 0.769. The molecule has 2 saturated heterocycles. The number of carbonyl (C=O) groups is 1. The lowest BCUT2D eigenvalue weighted by atomic mass is 9.91. The van der Waals surface area contributed by atoms with Crippen LogP contribution in [0.5, 0.6) is 0 Å². The molecule has 1 aliphatic carbocycles. The lowest BCUT2D eigenvalue weighted by molar-refractivity contribution is -0.137. The number of nitrogens with zero attached hydrogens (tertiary/aromatic N) is 1. The second-order valence-corrected chi connectivity index (χ2v) is 9.00. The van der Waals surface area contributed by atoms with Crippen LogP contribution in [-0.2, 0) is 14.8 Å². The predicted molar refractivity (Wildman–Crippen MR) is 92.1 cm³/mol. The maximum atomic E-state index is 12.9. The van der Waals surface area contributed by atoms with E-state index in [0.29, 0.717) is 6.54 Å². The monoisotopic (exact) mass is 365 g/mol. The molecule has 2 aliphatic heterocycles. The lowest BCUT2D eigenvalue weighted by Crippen LogP contribution is -2.50. The third kappa shape index (κ3) is 4.38. The summed E-state index contributed by atoms with van der Waals surface area (Å²) in [4.78, 5) is 14.9. The van der Waals surface area contributed by atoms with E-state index in [-0.39, 0.29) is 35.7 Å². The molecule has 23 heavy (non-hydrogen) atoms. The van der Waals surface area contributed by atoms with Crippen molar-refractivity contribution >= 4 is 28.3 Å². The average molecular weight is 366 g/mol. The van der Waals surface area contributed by atoms with Crippen LogP contribution in [0.1, 0.15) is 38.5 Å². The number of hydrogen-bond donors (Lipinski definition) is 2. The van der Waals surface area contributed by atoms with Gasteiger partial charge >= 0.3 is 0 Å². The fraction of sp³-hybridized carbons (Fsp3) is 0.933. The molecule has 1 amide bonds. The number of carbonyl (C=O) groups excluding carboxylic acids is 1. The second-order valence-electron chi connectivity index (χ2n) is 7.17. The first-order valence-corrected chi connectivity index (χ1v) is 10.3. The van der Waals surface area contributed by atoms with E-state index in [1.54, 1.807) is 0 Å². The van der Waals surface area contributed by atoms with E-state index in [9.17, 15) is 13.2 Å². The van der Waals surface area contributed by atoms with Crippen molar-refractivity contribution in [2.45, 2.75) is 44.6 Å². The summed E-state index contributed by atoms with van der Waals surface area (Å²) < 4.78 is 25.2. The molecule has 1 saturated carbocycles. The van der Waals surface area contributed by atoms with Crippen molar-refractivity contribution < 1.29 is 13.2 Å². The first kappa shape index (κ1) is 19.0. The van der Waals surface area contributed by atoms with Crippen LogP contribution in [-0.4, -0.2) is 57.7 Å². The largest absolute Gasteiger partial charge is 0.338 e. The number of rotatable bonds is 4. The number of amides is 1. The van der Waals surface area contributed by atoms with Crippen LogP contribution in [0.25, 0.3) is 0 Å². The van der Waals surface area contributed by atoms with Crippen molar-refractivity contribution in [2.75, 3.05) is 32.4 Å². The summed E-state index contributed by atoms with van der Waals surface area (Å²) in [6, 6.07) is 0.0235. The number of hydrogen-bond acceptors (Lipinski definition) is 4.